The van der Waals surface area contributed by atoms with Gasteiger partial charge in [0.15, 0.2) is 5.58 Å². The number of carbonyl (C=O) groups excluding carboxylic acids is 1. The van der Waals surface area contributed by atoms with Crippen molar-refractivity contribution >= 4 is 41.7 Å². The van der Waals surface area contributed by atoms with Crippen molar-refractivity contribution in [2.45, 2.75) is 32.4 Å². The lowest BCUT2D eigenvalue weighted by atomic mass is 10.1. The third-order valence-electron chi connectivity index (χ3n) is 3.12. The van der Waals surface area contributed by atoms with Gasteiger partial charge in [0, 0.05) is 11.3 Å². The Morgan fingerprint density at radius 2 is 2.17 bits per heavy atom. The molecule has 1 amide bonds. The summed E-state index contributed by atoms with van der Waals surface area (Å²) in [4.78, 5) is 27.5. The molecule has 0 bridgehead atoms. The first-order valence-electron chi connectivity index (χ1n) is 7.30. The van der Waals surface area contributed by atoms with E-state index >= 15 is 0 Å². The molecule has 1 unspecified atom stereocenters. The third-order valence-corrected chi connectivity index (χ3v) is 3.49. The van der Waals surface area contributed by atoms with E-state index in [-0.39, 0.29) is 16.9 Å². The van der Waals surface area contributed by atoms with E-state index in [4.69, 9.17) is 9.63 Å². The Bertz CT molecular complexity index is 792. The highest BCUT2D eigenvalue weighted by molar-refractivity contribution is 7.80. The third kappa shape index (κ3) is 4.35. The SMILES string of the molecule is CC(C)(C)N=Cc1noc2cc(C(=O)NC(CS)C(=O)O)ccc12. The zero-order valence-electron chi connectivity index (χ0n) is 13.6. The second-order valence-corrected chi connectivity index (χ2v) is 6.62. The molecule has 1 atom stereocenters. The molecule has 0 aliphatic heterocycles. The number of hydrogen-bond acceptors (Lipinski definition) is 6. The average Bonchev–Trinajstić information content (AvgIpc) is 2.91. The summed E-state index contributed by atoms with van der Waals surface area (Å²) < 4.78 is 5.23. The predicted octanol–water partition coefficient (Wildman–Crippen LogP) is 2.16. The molecule has 0 saturated carbocycles. The summed E-state index contributed by atoms with van der Waals surface area (Å²) in [6.45, 7) is 5.90. The van der Waals surface area contributed by atoms with Crippen LogP contribution in [0.15, 0.2) is 27.7 Å². The van der Waals surface area contributed by atoms with E-state index in [1.54, 1.807) is 18.3 Å². The fourth-order valence-electron chi connectivity index (χ4n) is 1.87. The number of aliphatic imine (C=N–C) groups is 1. The van der Waals surface area contributed by atoms with Crippen LogP contribution in [0.3, 0.4) is 0 Å². The number of carboxylic acid groups (broad SMARTS) is 1. The number of amides is 1. The van der Waals surface area contributed by atoms with Crippen molar-refractivity contribution in [1.29, 1.82) is 0 Å². The number of carbonyl (C=O) groups is 2. The van der Waals surface area contributed by atoms with Crippen LogP contribution in [-0.4, -0.2) is 45.7 Å². The zero-order chi connectivity index (χ0) is 17.9. The van der Waals surface area contributed by atoms with E-state index in [0.717, 1.165) is 5.39 Å². The molecule has 0 aliphatic rings. The molecule has 0 aliphatic carbocycles. The Morgan fingerprint density at radius 3 is 2.75 bits per heavy atom. The van der Waals surface area contributed by atoms with Gasteiger partial charge in [-0.2, -0.15) is 12.6 Å². The lowest BCUT2D eigenvalue weighted by molar-refractivity contribution is -0.138. The van der Waals surface area contributed by atoms with Crippen LogP contribution in [0.5, 0.6) is 0 Å². The summed E-state index contributed by atoms with van der Waals surface area (Å²) in [6, 6.07) is 3.74. The molecule has 24 heavy (non-hydrogen) atoms. The number of aromatic nitrogens is 1. The van der Waals surface area contributed by atoms with E-state index in [0.29, 0.717) is 11.3 Å². The molecule has 0 saturated heterocycles. The highest BCUT2D eigenvalue weighted by Gasteiger charge is 2.20. The van der Waals surface area contributed by atoms with Crippen LogP contribution in [0.2, 0.25) is 0 Å². The first-order chi connectivity index (χ1) is 11.2. The van der Waals surface area contributed by atoms with E-state index in [2.05, 4.69) is 28.1 Å². The monoisotopic (exact) mass is 349 g/mol. The molecule has 8 heteroatoms. The summed E-state index contributed by atoms with van der Waals surface area (Å²) in [6.07, 6.45) is 1.63. The van der Waals surface area contributed by atoms with Gasteiger partial charge in [0.05, 0.1) is 17.1 Å². The molecular weight excluding hydrogens is 330 g/mol. The maximum atomic E-state index is 12.1. The van der Waals surface area contributed by atoms with Gasteiger partial charge >= 0.3 is 5.97 Å². The second kappa shape index (κ2) is 7.04. The molecule has 1 aromatic carbocycles. The molecule has 2 rings (SSSR count). The van der Waals surface area contributed by atoms with Gasteiger partial charge in [-0.05, 0) is 39.0 Å². The smallest absolute Gasteiger partial charge is 0.327 e. The lowest BCUT2D eigenvalue weighted by Crippen LogP contribution is -2.42. The number of nitrogens with one attached hydrogen (secondary N) is 1. The van der Waals surface area contributed by atoms with Gasteiger partial charge in [-0.15, -0.1) is 0 Å². The molecule has 2 aromatic rings. The Hall–Kier alpha value is -2.35. The number of carboxylic acids is 1. The van der Waals surface area contributed by atoms with E-state index < -0.39 is 17.9 Å². The molecule has 0 radical (unpaired) electrons. The first-order valence-corrected chi connectivity index (χ1v) is 7.93. The van der Waals surface area contributed by atoms with Gasteiger partial charge in [0.2, 0.25) is 0 Å². The van der Waals surface area contributed by atoms with Crippen LogP contribution in [0.1, 0.15) is 36.8 Å². The van der Waals surface area contributed by atoms with Gasteiger partial charge < -0.3 is 14.9 Å². The topological polar surface area (TPSA) is 105 Å². The minimum atomic E-state index is -1.14. The Kier molecular flexibility index (Phi) is 5.28. The van der Waals surface area contributed by atoms with Gasteiger partial charge in [-0.25, -0.2) is 4.79 Å². The number of aliphatic carboxylic acids is 1. The van der Waals surface area contributed by atoms with Crippen LogP contribution >= 0.6 is 12.6 Å². The van der Waals surface area contributed by atoms with Crippen LogP contribution in [-0.2, 0) is 4.79 Å². The maximum Gasteiger partial charge on any atom is 0.327 e. The maximum absolute atomic E-state index is 12.1. The van der Waals surface area contributed by atoms with Crippen molar-refractivity contribution in [3.63, 3.8) is 0 Å². The van der Waals surface area contributed by atoms with Crippen LogP contribution < -0.4 is 5.32 Å². The molecule has 2 N–H and O–H groups in total. The Balaban J connectivity index is 2.25. The minimum absolute atomic E-state index is 0.000952. The van der Waals surface area contributed by atoms with Crippen molar-refractivity contribution in [2.75, 3.05) is 5.75 Å². The zero-order valence-corrected chi connectivity index (χ0v) is 14.5. The molecule has 7 nitrogen and oxygen atoms in total. The van der Waals surface area contributed by atoms with E-state index in [1.165, 1.54) is 6.07 Å². The van der Waals surface area contributed by atoms with Crippen molar-refractivity contribution < 1.29 is 19.2 Å². The van der Waals surface area contributed by atoms with Gasteiger partial charge in [0.25, 0.3) is 5.91 Å². The largest absolute Gasteiger partial charge is 0.480 e. The highest BCUT2D eigenvalue weighted by Crippen LogP contribution is 2.20. The molecule has 0 spiro atoms. The van der Waals surface area contributed by atoms with Gasteiger partial charge in [0.1, 0.15) is 11.7 Å². The van der Waals surface area contributed by atoms with Gasteiger partial charge in [-0.3, -0.25) is 9.79 Å². The summed E-state index contributed by atoms with van der Waals surface area (Å²) in [5.74, 6) is -1.65. The molecule has 1 heterocycles. The highest BCUT2D eigenvalue weighted by atomic mass is 32.1. The van der Waals surface area contributed by atoms with Gasteiger partial charge in [-0.1, -0.05) is 5.16 Å². The number of nitrogens with zero attached hydrogens (tertiary/aromatic N) is 2. The average molecular weight is 349 g/mol. The van der Waals surface area contributed by atoms with E-state index in [9.17, 15) is 9.59 Å². The fraction of sp³-hybridized carbons (Fsp3) is 0.375. The summed E-state index contributed by atoms with van der Waals surface area (Å²) in [7, 11) is 0. The number of thiol groups is 1. The van der Waals surface area contributed by atoms with Crippen LogP contribution in [0, 0.1) is 0 Å². The minimum Gasteiger partial charge on any atom is -0.480 e. The molecule has 0 fully saturated rings. The van der Waals surface area contributed by atoms with E-state index in [1.807, 2.05) is 20.8 Å². The number of rotatable bonds is 5. The quantitative estimate of drug-likeness (QED) is 0.567. The first kappa shape index (κ1) is 18.0. The fourth-order valence-corrected chi connectivity index (χ4v) is 2.12. The molecule has 1 aromatic heterocycles. The normalized spacial score (nSPS) is 13.3. The standard InChI is InChI=1S/C16H19N3O4S/c1-16(2,3)17-7-11-10-5-4-9(6-13(10)23-19-11)14(20)18-12(8-24)15(21)22/h4-7,12,24H,8H2,1-3H3,(H,18,20)(H,21,22). The van der Waals surface area contributed by atoms with Crippen LogP contribution in [0.25, 0.3) is 11.0 Å². The summed E-state index contributed by atoms with van der Waals surface area (Å²) in [5, 5.41) is 16.0. The lowest BCUT2D eigenvalue weighted by Gasteiger charge is -2.11. The van der Waals surface area contributed by atoms with Crippen LogP contribution in [0.4, 0.5) is 0 Å². The number of fused-ring (bicyclic) bond motifs is 1. The molecular formula is C16H19N3O4S. The molecule has 128 valence electrons. The number of benzene rings is 1. The summed E-state index contributed by atoms with van der Waals surface area (Å²) in [5.41, 5.74) is 1.05. The predicted molar refractivity (Wildman–Crippen MR) is 94.1 cm³/mol. The Morgan fingerprint density at radius 1 is 1.46 bits per heavy atom. The second-order valence-electron chi connectivity index (χ2n) is 6.25. The van der Waals surface area contributed by atoms with Crippen molar-refractivity contribution in [3.05, 3.63) is 29.5 Å². The Labute approximate surface area is 144 Å². The van der Waals surface area contributed by atoms with Crippen molar-refractivity contribution in [2.24, 2.45) is 4.99 Å². The van der Waals surface area contributed by atoms with Crippen molar-refractivity contribution in [1.82, 2.24) is 10.5 Å². The number of hydrogen-bond donors (Lipinski definition) is 3. The van der Waals surface area contributed by atoms with Crippen molar-refractivity contribution in [3.8, 4) is 0 Å². The summed E-state index contributed by atoms with van der Waals surface area (Å²) >= 11 is 3.91.